The molecule has 0 fully saturated rings. The fraction of sp³-hybridized carbons (Fsp3) is 0.500. The number of carbonyl (C=O) groups excluding carboxylic acids is 1. The molecule has 0 unspecified atom stereocenters. The highest BCUT2D eigenvalue weighted by molar-refractivity contribution is 14.1. The number of amides is 1. The minimum atomic E-state index is 0.0178. The largest absolute Gasteiger partial charge is 0.305 e. The Morgan fingerprint density at radius 3 is 2.22 bits per heavy atom. The van der Waals surface area contributed by atoms with E-state index < -0.39 is 0 Å². The lowest BCUT2D eigenvalue weighted by molar-refractivity contribution is -0.911. The maximum absolute atomic E-state index is 12.0. The van der Waals surface area contributed by atoms with Crippen LogP contribution in [0.15, 0.2) is 24.3 Å². The van der Waals surface area contributed by atoms with Gasteiger partial charge in [-0.3, -0.25) is 9.28 Å². The van der Waals surface area contributed by atoms with Gasteiger partial charge in [0.1, 0.15) is 4.55 Å². The molecule has 0 aliphatic carbocycles. The lowest BCUT2D eigenvalue weighted by Gasteiger charge is -2.34. The summed E-state index contributed by atoms with van der Waals surface area (Å²) in [6.45, 7) is 9.12. The summed E-state index contributed by atoms with van der Waals surface area (Å²) >= 11 is 2.39. The third-order valence-electron chi connectivity index (χ3n) is 3.48. The number of nitrogens with one attached hydrogen (secondary N) is 1. The SMILES string of the molecule is CC[N+](CC)(CI)CNC(=O)c1ccc(C)cc1. The fourth-order valence-electron chi connectivity index (χ4n) is 1.71. The molecule has 0 aliphatic heterocycles. The summed E-state index contributed by atoms with van der Waals surface area (Å²) in [6, 6.07) is 7.69. The summed E-state index contributed by atoms with van der Waals surface area (Å²) in [6.07, 6.45) is 0. The lowest BCUT2D eigenvalue weighted by Crippen LogP contribution is -2.53. The smallest absolute Gasteiger partial charge is 0.255 e. The third-order valence-corrected chi connectivity index (χ3v) is 4.93. The van der Waals surface area contributed by atoms with Gasteiger partial charge >= 0.3 is 0 Å². The summed E-state index contributed by atoms with van der Waals surface area (Å²) < 4.78 is 1.93. The molecule has 1 N–H and O–H groups in total. The van der Waals surface area contributed by atoms with Crippen LogP contribution >= 0.6 is 22.6 Å². The van der Waals surface area contributed by atoms with Crippen molar-refractivity contribution in [2.45, 2.75) is 20.8 Å². The molecular formula is C14H22IN2O+. The van der Waals surface area contributed by atoms with Crippen molar-refractivity contribution in [3.05, 3.63) is 35.4 Å². The van der Waals surface area contributed by atoms with Crippen LogP contribution in [-0.2, 0) is 0 Å². The van der Waals surface area contributed by atoms with E-state index in [4.69, 9.17) is 0 Å². The van der Waals surface area contributed by atoms with Gasteiger partial charge in [0.05, 0.1) is 13.1 Å². The first kappa shape index (κ1) is 15.4. The molecule has 0 radical (unpaired) electrons. The summed E-state index contributed by atoms with van der Waals surface area (Å²) in [4.78, 5) is 12.0. The standard InChI is InChI=1S/C14H21IN2O/c1-4-17(5-2,10-15)11-16-14(18)13-8-6-12(3)7-9-13/h6-9H,4-5,10-11H2,1-3H3/p+1. The van der Waals surface area contributed by atoms with Gasteiger partial charge in [-0.25, -0.2) is 0 Å². The Bertz CT molecular complexity index is 377. The normalized spacial score (nSPS) is 11.3. The molecule has 0 saturated heterocycles. The Hall–Kier alpha value is -0.620. The van der Waals surface area contributed by atoms with E-state index in [0.717, 1.165) is 27.7 Å². The average Bonchev–Trinajstić information content (AvgIpc) is 2.41. The lowest BCUT2D eigenvalue weighted by atomic mass is 10.1. The van der Waals surface area contributed by atoms with E-state index >= 15 is 0 Å². The molecule has 3 nitrogen and oxygen atoms in total. The van der Waals surface area contributed by atoms with E-state index in [1.165, 1.54) is 5.56 Å². The van der Waals surface area contributed by atoms with Crippen LogP contribution in [0.2, 0.25) is 0 Å². The number of hydrogen-bond donors (Lipinski definition) is 1. The van der Waals surface area contributed by atoms with Crippen molar-refractivity contribution in [2.75, 3.05) is 24.3 Å². The first-order chi connectivity index (χ1) is 8.56. The zero-order valence-corrected chi connectivity index (χ0v) is 13.5. The molecule has 0 bridgehead atoms. The molecule has 1 aromatic carbocycles. The van der Waals surface area contributed by atoms with Gasteiger partial charge in [-0.15, -0.1) is 0 Å². The number of alkyl halides is 1. The number of rotatable bonds is 6. The van der Waals surface area contributed by atoms with E-state index in [0.29, 0.717) is 6.67 Å². The predicted molar refractivity (Wildman–Crippen MR) is 83.7 cm³/mol. The van der Waals surface area contributed by atoms with Gasteiger partial charge in [0.2, 0.25) is 0 Å². The van der Waals surface area contributed by atoms with Crippen molar-refractivity contribution >= 4 is 28.5 Å². The highest BCUT2D eigenvalue weighted by atomic mass is 127. The van der Waals surface area contributed by atoms with Crippen molar-refractivity contribution in [1.82, 2.24) is 5.32 Å². The molecule has 1 rings (SSSR count). The Balaban J connectivity index is 2.63. The highest BCUT2D eigenvalue weighted by Gasteiger charge is 2.22. The molecule has 0 spiro atoms. The summed E-state index contributed by atoms with van der Waals surface area (Å²) in [5, 5.41) is 3.04. The molecule has 0 aliphatic rings. The van der Waals surface area contributed by atoms with E-state index in [2.05, 4.69) is 41.8 Å². The molecule has 1 aromatic rings. The first-order valence-corrected chi connectivity index (χ1v) is 7.85. The van der Waals surface area contributed by atoms with E-state index in [-0.39, 0.29) is 5.91 Å². The van der Waals surface area contributed by atoms with Crippen molar-refractivity contribution in [3.63, 3.8) is 0 Å². The molecule has 0 saturated carbocycles. The van der Waals surface area contributed by atoms with Gasteiger partial charge in [0, 0.05) is 5.56 Å². The number of halogens is 1. The molecule has 18 heavy (non-hydrogen) atoms. The molecule has 100 valence electrons. The van der Waals surface area contributed by atoms with Crippen LogP contribution in [-0.4, -0.2) is 34.7 Å². The molecule has 0 atom stereocenters. The third kappa shape index (κ3) is 3.95. The van der Waals surface area contributed by atoms with Gasteiger partial charge < -0.3 is 5.32 Å². The second-order valence-corrected chi connectivity index (χ2v) is 5.31. The van der Waals surface area contributed by atoms with E-state index in [9.17, 15) is 4.79 Å². The van der Waals surface area contributed by atoms with Crippen molar-refractivity contribution < 1.29 is 9.28 Å². The van der Waals surface area contributed by atoms with Crippen LogP contribution < -0.4 is 5.32 Å². The number of nitrogens with zero attached hydrogens (tertiary/aromatic N) is 1. The van der Waals surface area contributed by atoms with Crippen LogP contribution in [0.3, 0.4) is 0 Å². The highest BCUT2D eigenvalue weighted by Crippen LogP contribution is 2.09. The average molecular weight is 361 g/mol. The Morgan fingerprint density at radius 1 is 1.22 bits per heavy atom. The number of aryl methyl sites for hydroxylation is 1. The van der Waals surface area contributed by atoms with Gasteiger partial charge in [-0.1, -0.05) is 17.7 Å². The number of quaternary nitrogens is 1. The molecular weight excluding hydrogens is 339 g/mol. The zero-order chi connectivity index (χ0) is 13.6. The maximum atomic E-state index is 12.0. The molecule has 4 heteroatoms. The summed E-state index contributed by atoms with van der Waals surface area (Å²) in [5.41, 5.74) is 1.91. The Labute approximate surface area is 123 Å². The van der Waals surface area contributed by atoms with E-state index in [1.807, 2.05) is 31.2 Å². The van der Waals surface area contributed by atoms with Crippen LogP contribution in [0.4, 0.5) is 0 Å². The first-order valence-electron chi connectivity index (χ1n) is 6.33. The molecule has 1 amide bonds. The van der Waals surface area contributed by atoms with Crippen molar-refractivity contribution in [3.8, 4) is 0 Å². The minimum Gasteiger partial charge on any atom is -0.305 e. The zero-order valence-electron chi connectivity index (χ0n) is 11.4. The number of hydrogen-bond acceptors (Lipinski definition) is 1. The Morgan fingerprint density at radius 2 is 1.78 bits per heavy atom. The minimum absolute atomic E-state index is 0.0178. The maximum Gasteiger partial charge on any atom is 0.255 e. The molecule has 0 heterocycles. The predicted octanol–water partition coefficient (Wildman–Crippen LogP) is 2.93. The van der Waals surface area contributed by atoms with Gasteiger partial charge in [-0.2, -0.15) is 0 Å². The summed E-state index contributed by atoms with van der Waals surface area (Å²) in [5.74, 6) is 0.0178. The van der Waals surface area contributed by atoms with Crippen molar-refractivity contribution in [1.29, 1.82) is 0 Å². The Kier molecular flexibility index (Phi) is 6.08. The van der Waals surface area contributed by atoms with Crippen molar-refractivity contribution in [2.24, 2.45) is 0 Å². The molecule has 0 aromatic heterocycles. The quantitative estimate of drug-likeness (QED) is 0.273. The monoisotopic (exact) mass is 361 g/mol. The number of carbonyl (C=O) groups is 1. The van der Waals surface area contributed by atoms with Crippen LogP contribution in [0.1, 0.15) is 29.8 Å². The topological polar surface area (TPSA) is 29.1 Å². The fourth-order valence-corrected chi connectivity index (χ4v) is 2.91. The van der Waals surface area contributed by atoms with Gasteiger partial charge in [0.25, 0.3) is 5.91 Å². The van der Waals surface area contributed by atoms with Crippen LogP contribution in [0, 0.1) is 6.92 Å². The van der Waals surface area contributed by atoms with Crippen LogP contribution in [0.25, 0.3) is 0 Å². The van der Waals surface area contributed by atoms with E-state index in [1.54, 1.807) is 0 Å². The van der Waals surface area contributed by atoms with Gasteiger partial charge in [0.15, 0.2) is 6.67 Å². The second kappa shape index (κ2) is 7.09. The number of benzene rings is 1. The van der Waals surface area contributed by atoms with Gasteiger partial charge in [-0.05, 0) is 55.5 Å². The summed E-state index contributed by atoms with van der Waals surface area (Å²) in [7, 11) is 0. The van der Waals surface area contributed by atoms with Crippen LogP contribution in [0.5, 0.6) is 0 Å². The second-order valence-electron chi connectivity index (χ2n) is 4.62.